The van der Waals surface area contributed by atoms with E-state index in [1.807, 2.05) is 48.5 Å². The largest absolute Gasteiger partial charge is 0.496 e. The fourth-order valence-corrected chi connectivity index (χ4v) is 5.03. The van der Waals surface area contributed by atoms with E-state index in [1.54, 1.807) is 36.4 Å². The Morgan fingerprint density at radius 1 is 0.848 bits per heavy atom. The standard InChI is InChI=1S/C25H21BrN2O5/c1-31-19-13-12-15(14-17(19)26)22-21-23(33-28(22)16-8-4-3-5-9-16)25(30)27(24(21)29)18-10-6-7-11-20(18)32-2/h3-14,21-23H,1-2H3/t21-,22+,23+/m0/s1. The van der Waals surface area contributed by atoms with Gasteiger partial charge in [0.15, 0.2) is 6.10 Å². The summed E-state index contributed by atoms with van der Waals surface area (Å²) in [6, 6.07) is 21.5. The number of ether oxygens (including phenoxy) is 2. The molecule has 3 atom stereocenters. The number of hydrogen-bond donors (Lipinski definition) is 0. The Morgan fingerprint density at radius 3 is 2.24 bits per heavy atom. The van der Waals surface area contributed by atoms with Crippen LogP contribution in [0.25, 0.3) is 0 Å². The van der Waals surface area contributed by atoms with Crippen LogP contribution >= 0.6 is 15.9 Å². The Bertz CT molecular complexity index is 1220. The minimum Gasteiger partial charge on any atom is -0.496 e. The van der Waals surface area contributed by atoms with E-state index in [2.05, 4.69) is 15.9 Å². The molecule has 33 heavy (non-hydrogen) atoms. The van der Waals surface area contributed by atoms with Crippen LogP contribution in [0.1, 0.15) is 11.6 Å². The minimum absolute atomic E-state index is 0.329. The number of imide groups is 1. The van der Waals surface area contributed by atoms with Gasteiger partial charge in [-0.05, 0) is 57.9 Å². The summed E-state index contributed by atoms with van der Waals surface area (Å²) in [6.45, 7) is 0. The zero-order valence-electron chi connectivity index (χ0n) is 18.0. The van der Waals surface area contributed by atoms with Crippen molar-refractivity contribution in [3.63, 3.8) is 0 Å². The Labute approximate surface area is 199 Å². The number of benzene rings is 3. The molecule has 2 heterocycles. The van der Waals surface area contributed by atoms with Crippen LogP contribution in [0.4, 0.5) is 11.4 Å². The van der Waals surface area contributed by atoms with Gasteiger partial charge >= 0.3 is 0 Å². The third kappa shape index (κ3) is 3.46. The molecule has 2 aliphatic rings. The van der Waals surface area contributed by atoms with Gasteiger partial charge in [-0.1, -0.05) is 36.4 Å². The van der Waals surface area contributed by atoms with Crippen molar-refractivity contribution in [2.24, 2.45) is 5.92 Å². The van der Waals surface area contributed by atoms with E-state index in [-0.39, 0.29) is 5.91 Å². The number of fused-ring (bicyclic) bond motifs is 1. The van der Waals surface area contributed by atoms with Crippen LogP contribution in [0, 0.1) is 5.92 Å². The van der Waals surface area contributed by atoms with Gasteiger partial charge in [-0.25, -0.2) is 9.96 Å². The molecule has 0 spiro atoms. The smallest absolute Gasteiger partial charge is 0.266 e. The zero-order chi connectivity index (χ0) is 23.1. The fraction of sp³-hybridized carbons (Fsp3) is 0.200. The summed E-state index contributed by atoms with van der Waals surface area (Å²) in [5, 5.41) is 1.67. The van der Waals surface area contributed by atoms with Crippen molar-refractivity contribution >= 4 is 39.1 Å². The summed E-state index contributed by atoms with van der Waals surface area (Å²) in [7, 11) is 3.10. The lowest BCUT2D eigenvalue weighted by Crippen LogP contribution is -2.37. The van der Waals surface area contributed by atoms with E-state index in [1.165, 1.54) is 12.0 Å². The molecular weight excluding hydrogens is 488 g/mol. The first-order valence-electron chi connectivity index (χ1n) is 10.4. The van der Waals surface area contributed by atoms with Crippen molar-refractivity contribution < 1.29 is 23.9 Å². The van der Waals surface area contributed by atoms with Crippen LogP contribution < -0.4 is 19.4 Å². The summed E-state index contributed by atoms with van der Waals surface area (Å²) >= 11 is 3.53. The molecule has 168 valence electrons. The second-order valence-corrected chi connectivity index (χ2v) is 8.59. The number of rotatable bonds is 5. The van der Waals surface area contributed by atoms with Crippen molar-refractivity contribution in [1.82, 2.24) is 0 Å². The highest BCUT2D eigenvalue weighted by Crippen LogP contribution is 2.49. The van der Waals surface area contributed by atoms with Gasteiger partial charge in [0, 0.05) is 0 Å². The van der Waals surface area contributed by atoms with Crippen molar-refractivity contribution in [1.29, 1.82) is 0 Å². The van der Waals surface area contributed by atoms with Crippen molar-refractivity contribution in [3.05, 3.63) is 82.8 Å². The highest BCUT2D eigenvalue weighted by Gasteiger charge is 2.60. The van der Waals surface area contributed by atoms with Gasteiger partial charge in [-0.15, -0.1) is 0 Å². The number of hydroxylamine groups is 1. The summed E-state index contributed by atoms with van der Waals surface area (Å²) in [4.78, 5) is 34.6. The van der Waals surface area contributed by atoms with E-state index in [0.29, 0.717) is 17.2 Å². The zero-order valence-corrected chi connectivity index (χ0v) is 19.6. The Kier molecular flexibility index (Phi) is 5.55. The Morgan fingerprint density at radius 2 is 1.55 bits per heavy atom. The quantitative estimate of drug-likeness (QED) is 0.472. The van der Waals surface area contributed by atoms with Crippen molar-refractivity contribution in [3.8, 4) is 11.5 Å². The number of halogens is 1. The van der Waals surface area contributed by atoms with Gasteiger partial charge < -0.3 is 9.47 Å². The topological polar surface area (TPSA) is 68.3 Å². The molecule has 0 aromatic heterocycles. The van der Waals surface area contributed by atoms with Gasteiger partial charge in [-0.3, -0.25) is 14.4 Å². The maximum Gasteiger partial charge on any atom is 0.266 e. The minimum atomic E-state index is -0.950. The van der Waals surface area contributed by atoms with Gasteiger partial charge in [0.2, 0.25) is 5.91 Å². The van der Waals surface area contributed by atoms with Crippen LogP contribution in [-0.2, 0) is 14.4 Å². The first-order valence-corrected chi connectivity index (χ1v) is 11.2. The van der Waals surface area contributed by atoms with Crippen LogP contribution in [-0.4, -0.2) is 32.1 Å². The predicted octanol–water partition coefficient (Wildman–Crippen LogP) is 4.52. The number of nitrogens with zero attached hydrogens (tertiary/aromatic N) is 2. The molecule has 0 radical (unpaired) electrons. The second-order valence-electron chi connectivity index (χ2n) is 7.74. The molecule has 8 heteroatoms. The second kappa shape index (κ2) is 8.53. The molecule has 2 aliphatic heterocycles. The van der Waals surface area contributed by atoms with Crippen LogP contribution in [0.3, 0.4) is 0 Å². The summed E-state index contributed by atoms with van der Waals surface area (Å²) in [5.74, 6) is -0.355. The van der Waals surface area contributed by atoms with E-state index < -0.39 is 24.0 Å². The molecular formula is C25H21BrN2O5. The monoisotopic (exact) mass is 508 g/mol. The molecule has 3 aromatic carbocycles. The SMILES string of the molecule is COc1ccc([C@@H]2[C@@H]3C(=O)N(c4ccccc4OC)C(=O)[C@@H]3ON2c2ccccc2)cc1Br. The molecule has 0 unspecified atom stereocenters. The van der Waals surface area contributed by atoms with Gasteiger partial charge in [0.25, 0.3) is 5.91 Å². The van der Waals surface area contributed by atoms with Crippen LogP contribution in [0.15, 0.2) is 77.3 Å². The number of hydrogen-bond acceptors (Lipinski definition) is 6. The molecule has 3 aromatic rings. The van der Waals surface area contributed by atoms with Crippen LogP contribution in [0.2, 0.25) is 0 Å². The first kappa shape index (κ1) is 21.5. The average molecular weight is 509 g/mol. The molecule has 0 N–H and O–H groups in total. The maximum absolute atomic E-state index is 13.7. The Balaban J connectivity index is 1.61. The maximum atomic E-state index is 13.7. The van der Waals surface area contributed by atoms with Crippen LogP contribution in [0.5, 0.6) is 11.5 Å². The number of amides is 2. The van der Waals surface area contributed by atoms with Crippen molar-refractivity contribution in [2.75, 3.05) is 24.2 Å². The predicted molar refractivity (Wildman–Crippen MR) is 126 cm³/mol. The van der Waals surface area contributed by atoms with E-state index >= 15 is 0 Å². The molecule has 0 saturated carbocycles. The fourth-order valence-electron chi connectivity index (χ4n) is 4.47. The number of carbonyl (C=O) groups is 2. The molecule has 0 aliphatic carbocycles. The number of methoxy groups -OCH3 is 2. The third-order valence-corrected chi connectivity index (χ3v) is 6.59. The number of anilines is 2. The van der Waals surface area contributed by atoms with Crippen molar-refractivity contribution in [2.45, 2.75) is 12.1 Å². The summed E-state index contributed by atoms with van der Waals surface area (Å²) in [5.41, 5.74) is 1.99. The van der Waals surface area contributed by atoms with Gasteiger partial charge in [-0.2, -0.15) is 0 Å². The molecule has 7 nitrogen and oxygen atoms in total. The van der Waals surface area contributed by atoms with E-state index in [0.717, 1.165) is 15.7 Å². The van der Waals surface area contributed by atoms with E-state index in [4.69, 9.17) is 14.3 Å². The molecule has 2 amide bonds. The molecule has 2 saturated heterocycles. The van der Waals surface area contributed by atoms with Gasteiger partial charge in [0.1, 0.15) is 17.4 Å². The Hall–Kier alpha value is -3.36. The average Bonchev–Trinajstić information content (AvgIpc) is 3.35. The third-order valence-electron chi connectivity index (χ3n) is 5.97. The summed E-state index contributed by atoms with van der Waals surface area (Å²) < 4.78 is 11.5. The lowest BCUT2D eigenvalue weighted by Gasteiger charge is -2.29. The van der Waals surface area contributed by atoms with E-state index in [9.17, 15) is 9.59 Å². The first-order chi connectivity index (χ1) is 16.0. The number of carbonyl (C=O) groups excluding carboxylic acids is 2. The highest BCUT2D eigenvalue weighted by molar-refractivity contribution is 9.10. The highest BCUT2D eigenvalue weighted by atomic mass is 79.9. The lowest BCUT2D eigenvalue weighted by molar-refractivity contribution is -0.126. The molecule has 2 fully saturated rings. The van der Waals surface area contributed by atoms with Gasteiger partial charge in [0.05, 0.1) is 36.1 Å². The molecule has 5 rings (SSSR count). The summed E-state index contributed by atoms with van der Waals surface area (Å²) in [6.07, 6.45) is -0.950. The lowest BCUT2D eigenvalue weighted by atomic mass is 9.90. The normalized spacial score (nSPS) is 22.0. The molecule has 0 bridgehead atoms. The number of para-hydroxylation sites is 3.